The van der Waals surface area contributed by atoms with E-state index in [9.17, 15) is 21.6 Å². The lowest BCUT2D eigenvalue weighted by Crippen LogP contribution is -2.50. The number of nitrogens with zero attached hydrogens (tertiary/aromatic N) is 2. The molecule has 0 aromatic carbocycles. The second kappa shape index (κ2) is 5.98. The molecule has 0 radical (unpaired) electrons. The molecule has 0 saturated carbocycles. The lowest BCUT2D eigenvalue weighted by Gasteiger charge is -2.37. The maximum Gasteiger partial charge on any atom is 0.433 e. The molecule has 0 N–H and O–H groups in total. The van der Waals surface area contributed by atoms with Crippen molar-refractivity contribution >= 4 is 9.84 Å². The number of likely N-dealkylation sites (tertiary alicyclic amines) is 1. The van der Waals surface area contributed by atoms with Crippen LogP contribution >= 0.6 is 0 Å². The van der Waals surface area contributed by atoms with Crippen molar-refractivity contribution in [2.24, 2.45) is 11.3 Å². The molecule has 2 saturated heterocycles. The summed E-state index contributed by atoms with van der Waals surface area (Å²) in [6, 6.07) is 2.73. The standard InChI is InChI=1S/C16H21F3N2O2S/c1-12(6-13-2-4-20-14(7-13)16(17,18)19)8-21-5-3-15(9-21)10-24(22,23)11-15/h2,4,7,12H,3,5-6,8-11H2,1H3/t12-/m0/s1. The molecule has 2 fully saturated rings. The molecular weight excluding hydrogens is 341 g/mol. The minimum Gasteiger partial charge on any atom is -0.302 e. The molecule has 0 unspecified atom stereocenters. The molecule has 1 aromatic rings. The van der Waals surface area contributed by atoms with E-state index >= 15 is 0 Å². The Morgan fingerprint density at radius 2 is 2.08 bits per heavy atom. The monoisotopic (exact) mass is 362 g/mol. The van der Waals surface area contributed by atoms with Gasteiger partial charge >= 0.3 is 6.18 Å². The summed E-state index contributed by atoms with van der Waals surface area (Å²) in [6.45, 7) is 4.42. The zero-order chi connectivity index (χ0) is 17.6. The summed E-state index contributed by atoms with van der Waals surface area (Å²) >= 11 is 0. The molecule has 1 spiro atoms. The predicted octanol–water partition coefficient (Wildman–Crippen LogP) is 2.40. The van der Waals surface area contributed by atoms with Gasteiger partial charge in [0, 0.05) is 24.7 Å². The Balaban J connectivity index is 1.54. The Morgan fingerprint density at radius 1 is 1.38 bits per heavy atom. The van der Waals surface area contributed by atoms with E-state index in [2.05, 4.69) is 9.88 Å². The number of hydrogen-bond acceptors (Lipinski definition) is 4. The minimum absolute atomic E-state index is 0.0708. The van der Waals surface area contributed by atoms with Crippen LogP contribution < -0.4 is 0 Å². The van der Waals surface area contributed by atoms with Crippen LogP contribution in [0, 0.1) is 11.3 Å². The van der Waals surface area contributed by atoms with Gasteiger partial charge in [-0.3, -0.25) is 4.98 Å². The van der Waals surface area contributed by atoms with E-state index in [1.165, 1.54) is 6.20 Å². The molecule has 1 atom stereocenters. The van der Waals surface area contributed by atoms with Crippen molar-refractivity contribution in [1.82, 2.24) is 9.88 Å². The van der Waals surface area contributed by atoms with E-state index in [1.54, 1.807) is 6.07 Å². The van der Waals surface area contributed by atoms with Gasteiger partial charge in [-0.25, -0.2) is 8.42 Å². The summed E-state index contributed by atoms with van der Waals surface area (Å²) in [4.78, 5) is 5.62. The largest absolute Gasteiger partial charge is 0.433 e. The maximum atomic E-state index is 12.7. The maximum absolute atomic E-state index is 12.7. The van der Waals surface area contributed by atoms with Crippen LogP contribution in [0.3, 0.4) is 0 Å². The van der Waals surface area contributed by atoms with Gasteiger partial charge in [-0.05, 0) is 43.0 Å². The van der Waals surface area contributed by atoms with Gasteiger partial charge in [0.25, 0.3) is 0 Å². The highest BCUT2D eigenvalue weighted by atomic mass is 32.2. The lowest BCUT2D eigenvalue weighted by atomic mass is 9.91. The second-order valence-corrected chi connectivity index (χ2v) is 9.44. The van der Waals surface area contributed by atoms with Crippen LogP contribution in [0.5, 0.6) is 0 Å². The Labute approximate surface area is 140 Å². The van der Waals surface area contributed by atoms with Crippen molar-refractivity contribution in [1.29, 1.82) is 0 Å². The van der Waals surface area contributed by atoms with Crippen LogP contribution in [-0.2, 0) is 22.4 Å². The molecule has 0 amide bonds. The van der Waals surface area contributed by atoms with Gasteiger partial charge in [0.1, 0.15) is 5.69 Å². The number of hydrogen-bond donors (Lipinski definition) is 0. The third-order valence-electron chi connectivity index (χ3n) is 4.84. The van der Waals surface area contributed by atoms with Crippen LogP contribution in [0.15, 0.2) is 18.3 Å². The van der Waals surface area contributed by atoms with Crippen molar-refractivity contribution in [2.75, 3.05) is 31.1 Å². The van der Waals surface area contributed by atoms with Gasteiger partial charge in [0.2, 0.25) is 0 Å². The summed E-state index contributed by atoms with van der Waals surface area (Å²) in [7, 11) is -2.83. The molecule has 3 heterocycles. The molecule has 3 rings (SSSR count). The van der Waals surface area contributed by atoms with E-state index in [0.717, 1.165) is 32.1 Å². The Hall–Kier alpha value is -1.15. The van der Waals surface area contributed by atoms with Crippen LogP contribution in [0.25, 0.3) is 0 Å². The van der Waals surface area contributed by atoms with Crippen molar-refractivity contribution in [2.45, 2.75) is 25.9 Å². The molecule has 134 valence electrons. The third kappa shape index (κ3) is 3.91. The summed E-state index contributed by atoms with van der Waals surface area (Å²) in [5, 5.41) is 0. The van der Waals surface area contributed by atoms with E-state index < -0.39 is 21.7 Å². The van der Waals surface area contributed by atoms with Crippen LogP contribution in [-0.4, -0.2) is 49.4 Å². The third-order valence-corrected chi connectivity index (χ3v) is 6.94. The zero-order valence-electron chi connectivity index (χ0n) is 13.5. The predicted molar refractivity (Wildman–Crippen MR) is 84.3 cm³/mol. The fraction of sp³-hybridized carbons (Fsp3) is 0.688. The fourth-order valence-electron chi connectivity index (χ4n) is 3.97. The summed E-state index contributed by atoms with van der Waals surface area (Å²) in [6.07, 6.45) is -1.77. The smallest absolute Gasteiger partial charge is 0.302 e. The summed E-state index contributed by atoms with van der Waals surface area (Å²) < 4.78 is 60.9. The van der Waals surface area contributed by atoms with Gasteiger partial charge in [-0.2, -0.15) is 13.2 Å². The lowest BCUT2D eigenvalue weighted by molar-refractivity contribution is -0.141. The molecule has 1 aromatic heterocycles. The number of sulfone groups is 1. The van der Waals surface area contributed by atoms with Gasteiger partial charge in [-0.1, -0.05) is 6.92 Å². The van der Waals surface area contributed by atoms with Crippen molar-refractivity contribution in [3.8, 4) is 0 Å². The van der Waals surface area contributed by atoms with Gasteiger partial charge < -0.3 is 4.90 Å². The Bertz CT molecular complexity index is 706. The first kappa shape index (κ1) is 17.7. The van der Waals surface area contributed by atoms with Crippen LogP contribution in [0.2, 0.25) is 0 Å². The Kier molecular flexibility index (Phi) is 4.40. The van der Waals surface area contributed by atoms with E-state index in [4.69, 9.17) is 0 Å². The highest BCUT2D eigenvalue weighted by molar-refractivity contribution is 7.92. The topological polar surface area (TPSA) is 50.3 Å². The van der Waals surface area contributed by atoms with Crippen molar-refractivity contribution in [3.63, 3.8) is 0 Å². The minimum atomic E-state index is -4.42. The molecule has 8 heteroatoms. The first-order chi connectivity index (χ1) is 11.1. The molecule has 24 heavy (non-hydrogen) atoms. The summed E-state index contributed by atoms with van der Waals surface area (Å²) in [5.74, 6) is 0.759. The van der Waals surface area contributed by atoms with E-state index in [-0.39, 0.29) is 22.8 Å². The quantitative estimate of drug-likeness (QED) is 0.825. The van der Waals surface area contributed by atoms with Gasteiger partial charge in [0.05, 0.1) is 11.5 Å². The molecular formula is C16H21F3N2O2S. The van der Waals surface area contributed by atoms with Crippen LogP contribution in [0.1, 0.15) is 24.6 Å². The molecule has 2 aliphatic heterocycles. The second-order valence-electron chi connectivity index (χ2n) is 7.37. The van der Waals surface area contributed by atoms with Crippen molar-refractivity contribution in [3.05, 3.63) is 29.6 Å². The first-order valence-corrected chi connectivity index (χ1v) is 9.84. The number of aromatic nitrogens is 1. The Morgan fingerprint density at radius 3 is 2.71 bits per heavy atom. The van der Waals surface area contributed by atoms with E-state index in [0.29, 0.717) is 12.0 Å². The van der Waals surface area contributed by atoms with Gasteiger partial charge in [0.15, 0.2) is 9.84 Å². The molecule has 0 bridgehead atoms. The highest BCUT2D eigenvalue weighted by Crippen LogP contribution is 2.41. The molecule has 2 aliphatic rings. The average molecular weight is 362 g/mol. The fourth-order valence-corrected chi connectivity index (χ4v) is 6.23. The van der Waals surface area contributed by atoms with Crippen molar-refractivity contribution < 1.29 is 21.6 Å². The number of alkyl halides is 3. The highest BCUT2D eigenvalue weighted by Gasteiger charge is 2.51. The normalized spacial score (nSPS) is 24.0. The SMILES string of the molecule is C[C@@H](Cc1ccnc(C(F)(F)F)c1)CN1CCC2(C1)CS(=O)(=O)C2. The zero-order valence-corrected chi connectivity index (χ0v) is 14.3. The number of halogens is 3. The van der Waals surface area contributed by atoms with E-state index in [1.807, 2.05) is 6.92 Å². The molecule has 4 nitrogen and oxygen atoms in total. The molecule has 0 aliphatic carbocycles. The number of rotatable bonds is 4. The average Bonchev–Trinajstić information content (AvgIpc) is 2.79. The van der Waals surface area contributed by atoms with Gasteiger partial charge in [-0.15, -0.1) is 0 Å². The van der Waals surface area contributed by atoms with Crippen LogP contribution in [0.4, 0.5) is 13.2 Å². The summed E-state index contributed by atoms with van der Waals surface area (Å²) in [5.41, 5.74) is -0.296. The first-order valence-electron chi connectivity index (χ1n) is 8.02. The number of pyridine rings is 1.